The fourth-order valence-electron chi connectivity index (χ4n) is 3.00. The maximum atomic E-state index is 12.7. The van der Waals surface area contributed by atoms with Gasteiger partial charge in [-0.1, -0.05) is 6.58 Å². The topological polar surface area (TPSA) is 110 Å². The van der Waals surface area contributed by atoms with Crippen LogP contribution < -0.4 is 10.6 Å². The standard InChI is InChI=1S/C21H24N4O5S/c1-3-30-21(28)24-19(27)17-5-11-31-20(17)23-18(26)15-4-6-22-16(13-15)12-14(2)25-7-9-29-10-8-25/h4-6,11,13H,2-3,7-10,12H2,1H3,(H,23,26)(H,24,27,28). The van der Waals surface area contributed by atoms with Gasteiger partial charge in [-0.3, -0.25) is 19.9 Å². The number of amides is 3. The number of pyridine rings is 1. The molecular formula is C21H24N4O5S. The zero-order chi connectivity index (χ0) is 22.2. The van der Waals surface area contributed by atoms with Crippen LogP contribution in [0.3, 0.4) is 0 Å². The maximum absolute atomic E-state index is 12.7. The van der Waals surface area contributed by atoms with Crippen molar-refractivity contribution in [2.45, 2.75) is 13.3 Å². The number of morpholine rings is 1. The highest BCUT2D eigenvalue weighted by molar-refractivity contribution is 7.14. The Labute approximate surface area is 184 Å². The van der Waals surface area contributed by atoms with Gasteiger partial charge in [-0.15, -0.1) is 11.3 Å². The van der Waals surface area contributed by atoms with Gasteiger partial charge in [0.25, 0.3) is 11.8 Å². The number of rotatable bonds is 7. The first kappa shape index (κ1) is 22.4. The monoisotopic (exact) mass is 444 g/mol. The minimum absolute atomic E-state index is 0.147. The third-order valence-electron chi connectivity index (χ3n) is 4.55. The largest absolute Gasteiger partial charge is 0.450 e. The number of nitrogens with one attached hydrogen (secondary N) is 2. The smallest absolute Gasteiger partial charge is 0.414 e. The predicted molar refractivity (Wildman–Crippen MR) is 116 cm³/mol. The number of carbonyl (C=O) groups is 3. The van der Waals surface area contributed by atoms with Crippen molar-refractivity contribution < 1.29 is 23.9 Å². The highest BCUT2D eigenvalue weighted by Gasteiger charge is 2.19. The minimum Gasteiger partial charge on any atom is -0.450 e. The van der Waals surface area contributed by atoms with Crippen molar-refractivity contribution >= 4 is 34.2 Å². The van der Waals surface area contributed by atoms with Gasteiger partial charge < -0.3 is 19.7 Å². The number of imide groups is 1. The van der Waals surface area contributed by atoms with E-state index in [9.17, 15) is 14.4 Å². The summed E-state index contributed by atoms with van der Waals surface area (Å²) in [6.07, 6.45) is 1.25. The van der Waals surface area contributed by atoms with Gasteiger partial charge in [0.2, 0.25) is 0 Å². The number of hydrogen-bond donors (Lipinski definition) is 2. The lowest BCUT2D eigenvalue weighted by Crippen LogP contribution is -2.35. The number of nitrogens with zero attached hydrogens (tertiary/aromatic N) is 2. The number of allylic oxidation sites excluding steroid dienone is 1. The Bertz CT molecular complexity index is 968. The van der Waals surface area contributed by atoms with Gasteiger partial charge >= 0.3 is 6.09 Å². The molecule has 0 aromatic carbocycles. The first-order valence-electron chi connectivity index (χ1n) is 9.80. The molecule has 0 saturated carbocycles. The number of carbonyl (C=O) groups excluding carboxylic acids is 3. The summed E-state index contributed by atoms with van der Waals surface area (Å²) in [6.45, 7) is 8.82. The molecule has 2 aromatic rings. The van der Waals surface area contributed by atoms with Gasteiger partial charge in [-0.2, -0.15) is 0 Å². The number of anilines is 1. The zero-order valence-electron chi connectivity index (χ0n) is 17.2. The van der Waals surface area contributed by atoms with Crippen molar-refractivity contribution in [2.24, 2.45) is 0 Å². The molecule has 1 fully saturated rings. The van der Waals surface area contributed by atoms with Crippen molar-refractivity contribution in [2.75, 3.05) is 38.2 Å². The van der Waals surface area contributed by atoms with Gasteiger partial charge in [0.05, 0.1) is 25.4 Å². The van der Waals surface area contributed by atoms with E-state index >= 15 is 0 Å². The molecule has 3 rings (SSSR count). The molecule has 1 saturated heterocycles. The number of thiophene rings is 1. The van der Waals surface area contributed by atoms with Gasteiger partial charge in [0.1, 0.15) is 5.00 Å². The second kappa shape index (κ2) is 10.7. The average molecular weight is 445 g/mol. The molecule has 0 spiro atoms. The minimum atomic E-state index is -0.838. The summed E-state index contributed by atoms with van der Waals surface area (Å²) < 4.78 is 10.1. The summed E-state index contributed by atoms with van der Waals surface area (Å²) in [5, 5.41) is 6.84. The summed E-state index contributed by atoms with van der Waals surface area (Å²) in [5.41, 5.74) is 2.23. The maximum Gasteiger partial charge on any atom is 0.414 e. The van der Waals surface area contributed by atoms with Crippen LogP contribution in [-0.4, -0.2) is 60.7 Å². The SMILES string of the molecule is C=C(Cc1cc(C(=O)Nc2sccc2C(=O)NC(=O)OCC)ccn1)N1CCOCC1. The van der Waals surface area contributed by atoms with E-state index in [1.54, 1.807) is 30.6 Å². The van der Waals surface area contributed by atoms with Crippen LogP contribution in [-0.2, 0) is 15.9 Å². The van der Waals surface area contributed by atoms with E-state index in [-0.39, 0.29) is 18.1 Å². The fraction of sp³-hybridized carbons (Fsp3) is 0.333. The molecule has 0 aliphatic carbocycles. The van der Waals surface area contributed by atoms with E-state index in [0.717, 1.165) is 24.5 Å². The van der Waals surface area contributed by atoms with Crippen LogP contribution in [0, 0.1) is 0 Å². The number of ether oxygens (including phenoxy) is 2. The second-order valence-corrected chi connectivity index (χ2v) is 7.59. The molecule has 0 bridgehead atoms. The van der Waals surface area contributed by atoms with E-state index in [2.05, 4.69) is 27.1 Å². The molecule has 3 heterocycles. The van der Waals surface area contributed by atoms with Crippen molar-refractivity contribution in [1.82, 2.24) is 15.2 Å². The molecule has 9 nitrogen and oxygen atoms in total. The first-order chi connectivity index (χ1) is 15.0. The normalized spacial score (nSPS) is 13.4. The summed E-state index contributed by atoms with van der Waals surface area (Å²) >= 11 is 1.18. The lowest BCUT2D eigenvalue weighted by Gasteiger charge is -2.30. The molecule has 2 N–H and O–H groups in total. The molecule has 0 radical (unpaired) electrons. The molecule has 0 atom stereocenters. The molecule has 3 amide bonds. The summed E-state index contributed by atoms with van der Waals surface area (Å²) in [4.78, 5) is 43.0. The Morgan fingerprint density at radius 3 is 2.77 bits per heavy atom. The third-order valence-corrected chi connectivity index (χ3v) is 5.38. The second-order valence-electron chi connectivity index (χ2n) is 6.67. The molecular weight excluding hydrogens is 420 g/mol. The van der Waals surface area contributed by atoms with Crippen LogP contribution in [0.5, 0.6) is 0 Å². The van der Waals surface area contributed by atoms with Crippen LogP contribution in [0.1, 0.15) is 33.3 Å². The third kappa shape index (κ3) is 6.12. The van der Waals surface area contributed by atoms with Gasteiger partial charge in [-0.25, -0.2) is 4.79 Å². The van der Waals surface area contributed by atoms with Gasteiger partial charge in [-0.05, 0) is 30.5 Å². The Morgan fingerprint density at radius 1 is 1.26 bits per heavy atom. The van der Waals surface area contributed by atoms with Crippen molar-refractivity contribution in [3.8, 4) is 0 Å². The fourth-order valence-corrected chi connectivity index (χ4v) is 3.78. The average Bonchev–Trinajstić information content (AvgIpc) is 3.23. The van der Waals surface area contributed by atoms with Crippen LogP contribution in [0.4, 0.5) is 9.80 Å². The zero-order valence-corrected chi connectivity index (χ0v) is 18.0. The number of aromatic nitrogens is 1. The quantitative estimate of drug-likeness (QED) is 0.676. The highest BCUT2D eigenvalue weighted by atomic mass is 32.1. The van der Waals surface area contributed by atoms with Crippen LogP contribution in [0.25, 0.3) is 0 Å². The van der Waals surface area contributed by atoms with Crippen molar-refractivity contribution in [3.05, 3.63) is 58.9 Å². The first-order valence-corrected chi connectivity index (χ1v) is 10.7. The van der Waals surface area contributed by atoms with Crippen LogP contribution >= 0.6 is 11.3 Å². The Morgan fingerprint density at radius 2 is 2.03 bits per heavy atom. The van der Waals surface area contributed by atoms with Crippen LogP contribution in [0.15, 0.2) is 42.1 Å². The molecule has 10 heteroatoms. The molecule has 31 heavy (non-hydrogen) atoms. The Hall–Kier alpha value is -3.24. The lowest BCUT2D eigenvalue weighted by atomic mass is 10.1. The van der Waals surface area contributed by atoms with E-state index in [1.165, 1.54) is 17.4 Å². The summed E-state index contributed by atoms with van der Waals surface area (Å²) in [5.74, 6) is -1.03. The molecule has 1 aliphatic rings. The van der Waals surface area contributed by atoms with E-state index in [4.69, 9.17) is 9.47 Å². The van der Waals surface area contributed by atoms with E-state index in [1.807, 2.05) is 0 Å². The molecule has 1 aliphatic heterocycles. The number of alkyl carbamates (subject to hydrolysis) is 1. The Kier molecular flexibility index (Phi) is 7.74. The predicted octanol–water partition coefficient (Wildman–Crippen LogP) is 2.67. The highest BCUT2D eigenvalue weighted by Crippen LogP contribution is 2.24. The van der Waals surface area contributed by atoms with Crippen molar-refractivity contribution in [1.29, 1.82) is 0 Å². The lowest BCUT2D eigenvalue weighted by molar-refractivity contribution is 0.0528. The molecule has 0 unspecified atom stereocenters. The number of hydrogen-bond acceptors (Lipinski definition) is 8. The molecule has 2 aromatic heterocycles. The Balaban J connectivity index is 1.64. The van der Waals surface area contributed by atoms with Gasteiger partial charge in [0.15, 0.2) is 0 Å². The summed E-state index contributed by atoms with van der Waals surface area (Å²) in [7, 11) is 0. The van der Waals surface area contributed by atoms with E-state index < -0.39 is 12.0 Å². The van der Waals surface area contributed by atoms with Crippen LogP contribution in [0.2, 0.25) is 0 Å². The van der Waals surface area contributed by atoms with Crippen molar-refractivity contribution in [3.63, 3.8) is 0 Å². The van der Waals surface area contributed by atoms with Gasteiger partial charge in [0, 0.05) is 42.7 Å². The van der Waals surface area contributed by atoms with E-state index in [0.29, 0.717) is 30.2 Å². The summed E-state index contributed by atoms with van der Waals surface area (Å²) in [6, 6.07) is 4.83. The molecule has 164 valence electrons.